The van der Waals surface area contributed by atoms with E-state index < -0.39 is 11.9 Å². The third kappa shape index (κ3) is 3.58. The molecular formula is C14H12Cl2N2O4. The zero-order valence-corrected chi connectivity index (χ0v) is 13.3. The number of methoxy groups -OCH3 is 1. The van der Waals surface area contributed by atoms with E-state index >= 15 is 0 Å². The summed E-state index contributed by atoms with van der Waals surface area (Å²) in [7, 11) is 1.23. The minimum Gasteiger partial charge on any atom is -0.468 e. The van der Waals surface area contributed by atoms with E-state index in [2.05, 4.69) is 15.0 Å². The third-order valence-electron chi connectivity index (χ3n) is 2.80. The van der Waals surface area contributed by atoms with Gasteiger partial charge in [-0.05, 0) is 25.1 Å². The number of oxazole rings is 1. The Hall–Kier alpha value is -2.05. The van der Waals surface area contributed by atoms with Gasteiger partial charge in [0.15, 0.2) is 5.69 Å². The number of esters is 1. The summed E-state index contributed by atoms with van der Waals surface area (Å²) in [4.78, 5) is 27.1. The maximum atomic E-state index is 12.0. The highest BCUT2D eigenvalue weighted by atomic mass is 35.5. The summed E-state index contributed by atoms with van der Waals surface area (Å²) in [6.45, 7) is 1.35. The van der Waals surface area contributed by atoms with Crippen LogP contribution in [0.1, 0.15) is 16.2 Å². The largest absolute Gasteiger partial charge is 0.468 e. The minimum atomic E-state index is -0.556. The molecule has 0 aliphatic rings. The fraction of sp³-hybridized carbons (Fsp3) is 0.214. The van der Waals surface area contributed by atoms with Crippen LogP contribution < -0.4 is 5.32 Å². The highest BCUT2D eigenvalue weighted by Crippen LogP contribution is 2.29. The van der Waals surface area contributed by atoms with Gasteiger partial charge in [-0.1, -0.05) is 23.2 Å². The van der Waals surface area contributed by atoms with Crippen molar-refractivity contribution in [3.05, 3.63) is 39.7 Å². The van der Waals surface area contributed by atoms with E-state index in [9.17, 15) is 9.59 Å². The van der Waals surface area contributed by atoms with Gasteiger partial charge in [-0.15, -0.1) is 0 Å². The first-order valence-corrected chi connectivity index (χ1v) is 6.96. The number of aryl methyl sites for hydroxylation is 1. The molecule has 0 bridgehead atoms. The molecule has 2 aromatic rings. The molecule has 0 aliphatic carbocycles. The lowest BCUT2D eigenvalue weighted by molar-refractivity contribution is -0.139. The number of rotatable bonds is 4. The van der Waals surface area contributed by atoms with E-state index in [4.69, 9.17) is 27.6 Å². The van der Waals surface area contributed by atoms with Crippen molar-refractivity contribution < 1.29 is 18.7 Å². The normalized spacial score (nSPS) is 10.4. The van der Waals surface area contributed by atoms with Crippen LogP contribution in [-0.4, -0.2) is 30.5 Å². The van der Waals surface area contributed by atoms with Gasteiger partial charge in [-0.25, -0.2) is 4.98 Å². The highest BCUT2D eigenvalue weighted by molar-refractivity contribution is 6.42. The molecule has 22 heavy (non-hydrogen) atoms. The number of nitrogens with one attached hydrogen (secondary N) is 1. The van der Waals surface area contributed by atoms with E-state index in [0.29, 0.717) is 21.4 Å². The van der Waals surface area contributed by atoms with Gasteiger partial charge in [0.2, 0.25) is 5.89 Å². The second-order valence-electron chi connectivity index (χ2n) is 4.31. The number of nitrogens with zero attached hydrogens (tertiary/aromatic N) is 1. The Morgan fingerprint density at radius 3 is 2.68 bits per heavy atom. The lowest BCUT2D eigenvalue weighted by Crippen LogP contribution is -2.30. The van der Waals surface area contributed by atoms with Gasteiger partial charge in [0.1, 0.15) is 12.3 Å². The van der Waals surface area contributed by atoms with Crippen molar-refractivity contribution >= 4 is 35.1 Å². The summed E-state index contributed by atoms with van der Waals surface area (Å²) >= 11 is 11.8. The van der Waals surface area contributed by atoms with Crippen molar-refractivity contribution in [3.8, 4) is 11.5 Å². The fourth-order valence-electron chi connectivity index (χ4n) is 1.67. The van der Waals surface area contributed by atoms with E-state index in [0.717, 1.165) is 0 Å². The Morgan fingerprint density at radius 2 is 2.05 bits per heavy atom. The number of amides is 1. The number of benzene rings is 1. The Morgan fingerprint density at radius 1 is 1.32 bits per heavy atom. The van der Waals surface area contributed by atoms with Crippen LogP contribution in [0, 0.1) is 6.92 Å². The predicted molar refractivity (Wildman–Crippen MR) is 81.0 cm³/mol. The first-order chi connectivity index (χ1) is 10.4. The van der Waals surface area contributed by atoms with Crippen molar-refractivity contribution in [3.63, 3.8) is 0 Å². The molecule has 0 spiro atoms. The van der Waals surface area contributed by atoms with Crippen molar-refractivity contribution in [1.29, 1.82) is 0 Å². The van der Waals surface area contributed by atoms with Crippen LogP contribution >= 0.6 is 23.2 Å². The Balaban J connectivity index is 2.22. The van der Waals surface area contributed by atoms with Gasteiger partial charge >= 0.3 is 5.97 Å². The Bertz CT molecular complexity index is 728. The number of carbonyl (C=O) groups is 2. The van der Waals surface area contributed by atoms with E-state index in [-0.39, 0.29) is 18.1 Å². The first kappa shape index (κ1) is 16.3. The van der Waals surface area contributed by atoms with Crippen molar-refractivity contribution in [2.75, 3.05) is 13.7 Å². The van der Waals surface area contributed by atoms with Crippen LogP contribution in [0.4, 0.5) is 0 Å². The van der Waals surface area contributed by atoms with Gasteiger partial charge in [-0.2, -0.15) is 0 Å². The molecule has 0 saturated heterocycles. The topological polar surface area (TPSA) is 81.4 Å². The molecule has 0 aliphatic heterocycles. The number of carbonyl (C=O) groups excluding carboxylic acids is 2. The maximum Gasteiger partial charge on any atom is 0.325 e. The van der Waals surface area contributed by atoms with Gasteiger partial charge in [0.05, 0.1) is 17.2 Å². The molecule has 1 aromatic carbocycles. The van der Waals surface area contributed by atoms with Crippen molar-refractivity contribution in [1.82, 2.24) is 10.3 Å². The number of hydrogen-bond acceptors (Lipinski definition) is 5. The molecule has 0 saturated carbocycles. The second kappa shape index (κ2) is 6.81. The standard InChI is InChI=1S/C14H12Cl2N2O4/c1-7-12(13(20)17-6-11(19)21-2)18-14(22-7)8-3-4-9(15)10(16)5-8/h3-5H,6H2,1-2H3,(H,17,20). The van der Waals surface area contributed by atoms with Crippen LogP contribution in [-0.2, 0) is 9.53 Å². The molecule has 0 atom stereocenters. The second-order valence-corrected chi connectivity index (χ2v) is 5.13. The SMILES string of the molecule is COC(=O)CNC(=O)c1nc(-c2ccc(Cl)c(Cl)c2)oc1C. The number of hydrogen-bond donors (Lipinski definition) is 1. The number of ether oxygens (including phenoxy) is 1. The minimum absolute atomic E-state index is 0.0879. The van der Waals surface area contributed by atoms with Gasteiger partial charge in [0.25, 0.3) is 5.91 Å². The number of halogens is 2. The molecule has 6 nitrogen and oxygen atoms in total. The van der Waals surface area contributed by atoms with Crippen LogP contribution in [0.3, 0.4) is 0 Å². The summed E-state index contributed by atoms with van der Waals surface area (Å²) in [5.74, 6) is -0.528. The molecule has 1 aromatic heterocycles. The monoisotopic (exact) mass is 342 g/mol. The van der Waals surface area contributed by atoms with Crippen LogP contribution in [0.25, 0.3) is 11.5 Å². The average Bonchev–Trinajstić information content (AvgIpc) is 2.89. The van der Waals surface area contributed by atoms with Crippen LogP contribution in [0.2, 0.25) is 10.0 Å². The molecule has 0 radical (unpaired) electrons. The molecule has 1 heterocycles. The predicted octanol–water partition coefficient (Wildman–Crippen LogP) is 2.86. The Labute approximate surface area is 136 Å². The first-order valence-electron chi connectivity index (χ1n) is 6.20. The lowest BCUT2D eigenvalue weighted by Gasteiger charge is -2.01. The average molecular weight is 343 g/mol. The Kier molecular flexibility index (Phi) is 5.05. The summed E-state index contributed by atoms with van der Waals surface area (Å²) in [5.41, 5.74) is 0.675. The van der Waals surface area contributed by atoms with Crippen molar-refractivity contribution in [2.45, 2.75) is 6.92 Å². The number of aromatic nitrogens is 1. The molecule has 1 N–H and O–H groups in total. The van der Waals surface area contributed by atoms with Gasteiger partial charge < -0.3 is 14.5 Å². The van der Waals surface area contributed by atoms with Crippen molar-refractivity contribution in [2.24, 2.45) is 0 Å². The zero-order valence-electron chi connectivity index (χ0n) is 11.8. The molecule has 0 fully saturated rings. The summed E-state index contributed by atoms with van der Waals surface area (Å²) in [5, 5.41) is 3.15. The lowest BCUT2D eigenvalue weighted by atomic mass is 10.2. The van der Waals surface area contributed by atoms with Gasteiger partial charge in [0, 0.05) is 5.56 Å². The van der Waals surface area contributed by atoms with E-state index in [1.807, 2.05) is 0 Å². The smallest absolute Gasteiger partial charge is 0.325 e. The zero-order chi connectivity index (χ0) is 16.3. The molecule has 116 valence electrons. The summed E-state index contributed by atoms with van der Waals surface area (Å²) in [6, 6.07) is 4.87. The molecular weight excluding hydrogens is 331 g/mol. The quantitative estimate of drug-likeness (QED) is 0.864. The van der Waals surface area contributed by atoms with Crippen LogP contribution in [0.5, 0.6) is 0 Å². The molecule has 8 heteroatoms. The molecule has 2 rings (SSSR count). The van der Waals surface area contributed by atoms with Gasteiger partial charge in [-0.3, -0.25) is 9.59 Å². The van der Waals surface area contributed by atoms with E-state index in [1.165, 1.54) is 7.11 Å². The van der Waals surface area contributed by atoms with E-state index in [1.54, 1.807) is 25.1 Å². The van der Waals surface area contributed by atoms with Crippen LogP contribution in [0.15, 0.2) is 22.6 Å². The summed E-state index contributed by atoms with van der Waals surface area (Å²) in [6.07, 6.45) is 0. The maximum absolute atomic E-state index is 12.0. The fourth-order valence-corrected chi connectivity index (χ4v) is 1.97. The third-order valence-corrected chi connectivity index (χ3v) is 3.54. The molecule has 1 amide bonds. The molecule has 0 unspecified atom stereocenters. The summed E-state index contributed by atoms with van der Waals surface area (Å²) < 4.78 is 9.90. The highest BCUT2D eigenvalue weighted by Gasteiger charge is 2.19.